The second-order valence-electron chi connectivity index (χ2n) is 4.29. The van der Waals surface area contributed by atoms with Gasteiger partial charge in [0, 0.05) is 7.11 Å². The normalized spacial score (nSPS) is 19.4. The van der Waals surface area contributed by atoms with Crippen molar-refractivity contribution in [2.24, 2.45) is 11.8 Å². The third kappa shape index (κ3) is 4.47. The number of carbonyl (C=O) groups excluding carboxylic acids is 1. The molecule has 94 valence electrons. The zero-order valence-electron chi connectivity index (χ0n) is 9.91. The van der Waals surface area contributed by atoms with Crippen LogP contribution in [0.2, 0.25) is 0 Å². The Kier molecular flexibility index (Phi) is 6.37. The van der Waals surface area contributed by atoms with E-state index >= 15 is 0 Å². The van der Waals surface area contributed by atoms with Crippen LogP contribution in [0.1, 0.15) is 32.1 Å². The van der Waals surface area contributed by atoms with Crippen LogP contribution in [0.25, 0.3) is 0 Å². The Morgan fingerprint density at radius 2 is 2.12 bits per heavy atom. The molecule has 1 aliphatic rings. The standard InChI is InChI=1S/C11H22N2O3/c1-15-8-10(11(14)13-12)16-7-9-5-3-2-4-6-9/h9-10H,2-8,12H2,1H3,(H,13,14). The van der Waals surface area contributed by atoms with Crippen molar-refractivity contribution < 1.29 is 14.3 Å². The van der Waals surface area contributed by atoms with Crippen molar-refractivity contribution >= 4 is 5.91 Å². The summed E-state index contributed by atoms with van der Waals surface area (Å²) in [6.45, 7) is 0.872. The number of rotatable bonds is 6. The number of ether oxygens (including phenoxy) is 2. The second kappa shape index (κ2) is 7.60. The number of amides is 1. The molecular weight excluding hydrogens is 208 g/mol. The van der Waals surface area contributed by atoms with Gasteiger partial charge in [-0.05, 0) is 18.8 Å². The van der Waals surface area contributed by atoms with Crippen molar-refractivity contribution in [3.05, 3.63) is 0 Å². The maximum atomic E-state index is 11.3. The van der Waals surface area contributed by atoms with E-state index in [0.717, 1.165) is 0 Å². The van der Waals surface area contributed by atoms with Crippen molar-refractivity contribution in [1.82, 2.24) is 5.43 Å². The first-order chi connectivity index (χ1) is 7.77. The third-order valence-electron chi connectivity index (χ3n) is 3.01. The lowest BCUT2D eigenvalue weighted by Crippen LogP contribution is -2.43. The number of carbonyl (C=O) groups is 1. The second-order valence-corrected chi connectivity index (χ2v) is 4.29. The van der Waals surface area contributed by atoms with Crippen molar-refractivity contribution in [1.29, 1.82) is 0 Å². The van der Waals surface area contributed by atoms with E-state index < -0.39 is 6.10 Å². The monoisotopic (exact) mass is 230 g/mol. The molecule has 0 bridgehead atoms. The van der Waals surface area contributed by atoms with E-state index in [2.05, 4.69) is 5.43 Å². The fourth-order valence-corrected chi connectivity index (χ4v) is 2.05. The quantitative estimate of drug-likeness (QED) is 0.398. The van der Waals surface area contributed by atoms with Gasteiger partial charge in [-0.1, -0.05) is 19.3 Å². The highest BCUT2D eigenvalue weighted by Gasteiger charge is 2.21. The molecule has 1 saturated carbocycles. The highest BCUT2D eigenvalue weighted by Crippen LogP contribution is 2.23. The van der Waals surface area contributed by atoms with Gasteiger partial charge in [0.2, 0.25) is 0 Å². The first-order valence-corrected chi connectivity index (χ1v) is 5.89. The summed E-state index contributed by atoms with van der Waals surface area (Å²) >= 11 is 0. The summed E-state index contributed by atoms with van der Waals surface area (Å²) in [4.78, 5) is 11.3. The van der Waals surface area contributed by atoms with Crippen LogP contribution < -0.4 is 11.3 Å². The fourth-order valence-electron chi connectivity index (χ4n) is 2.05. The number of methoxy groups -OCH3 is 1. The van der Waals surface area contributed by atoms with Gasteiger partial charge in [-0.25, -0.2) is 5.84 Å². The lowest BCUT2D eigenvalue weighted by Gasteiger charge is -2.23. The molecule has 0 saturated heterocycles. The zero-order chi connectivity index (χ0) is 11.8. The van der Waals surface area contributed by atoms with Crippen LogP contribution in [0.4, 0.5) is 0 Å². The van der Waals surface area contributed by atoms with Gasteiger partial charge in [0.25, 0.3) is 5.91 Å². The minimum Gasteiger partial charge on any atom is -0.381 e. The third-order valence-corrected chi connectivity index (χ3v) is 3.01. The van der Waals surface area contributed by atoms with Gasteiger partial charge < -0.3 is 9.47 Å². The number of nitrogens with two attached hydrogens (primary N) is 1. The largest absolute Gasteiger partial charge is 0.381 e. The summed E-state index contributed by atoms with van der Waals surface area (Å²) < 4.78 is 10.5. The predicted octanol–water partition coefficient (Wildman–Crippen LogP) is 0.588. The van der Waals surface area contributed by atoms with Crippen LogP contribution in [0.5, 0.6) is 0 Å². The van der Waals surface area contributed by atoms with Gasteiger partial charge in [0.05, 0.1) is 13.2 Å². The van der Waals surface area contributed by atoms with Gasteiger partial charge in [-0.15, -0.1) is 0 Å². The Labute approximate surface area is 96.6 Å². The molecule has 1 amide bonds. The fraction of sp³-hybridized carbons (Fsp3) is 0.909. The summed E-state index contributed by atoms with van der Waals surface area (Å²) in [6.07, 6.45) is 5.67. The number of hydrogen-bond acceptors (Lipinski definition) is 4. The topological polar surface area (TPSA) is 73.6 Å². The Balaban J connectivity index is 2.27. The molecule has 5 heteroatoms. The Morgan fingerprint density at radius 3 is 2.69 bits per heavy atom. The van der Waals surface area contributed by atoms with Gasteiger partial charge in [-0.2, -0.15) is 0 Å². The Morgan fingerprint density at radius 1 is 1.44 bits per heavy atom. The van der Waals surface area contributed by atoms with E-state index in [0.29, 0.717) is 12.5 Å². The molecule has 0 aromatic rings. The average Bonchev–Trinajstić information content (AvgIpc) is 2.34. The zero-order valence-corrected chi connectivity index (χ0v) is 9.91. The molecule has 16 heavy (non-hydrogen) atoms. The van der Waals surface area contributed by atoms with Gasteiger partial charge >= 0.3 is 0 Å². The number of hydrogen-bond donors (Lipinski definition) is 2. The van der Waals surface area contributed by atoms with Crippen LogP contribution in [0, 0.1) is 5.92 Å². The smallest absolute Gasteiger partial charge is 0.265 e. The Hall–Kier alpha value is -0.650. The van der Waals surface area contributed by atoms with Gasteiger partial charge in [0.15, 0.2) is 6.10 Å². The van der Waals surface area contributed by atoms with E-state index in [4.69, 9.17) is 15.3 Å². The van der Waals surface area contributed by atoms with E-state index in [1.807, 2.05) is 0 Å². The first kappa shape index (κ1) is 13.4. The summed E-state index contributed by atoms with van der Waals surface area (Å²) in [5.74, 6) is 5.34. The summed E-state index contributed by atoms with van der Waals surface area (Å²) in [5.41, 5.74) is 2.09. The molecule has 1 rings (SSSR count). The molecule has 0 aromatic carbocycles. The SMILES string of the molecule is COCC(OCC1CCCCC1)C(=O)NN. The van der Waals surface area contributed by atoms with Gasteiger partial charge in [-0.3, -0.25) is 10.2 Å². The minimum atomic E-state index is -0.586. The number of hydrazine groups is 1. The van der Waals surface area contributed by atoms with Crippen LogP contribution >= 0.6 is 0 Å². The first-order valence-electron chi connectivity index (χ1n) is 5.89. The average molecular weight is 230 g/mol. The molecule has 1 unspecified atom stereocenters. The van der Waals surface area contributed by atoms with E-state index in [1.54, 1.807) is 7.11 Å². The minimum absolute atomic E-state index is 0.246. The number of nitrogens with one attached hydrogen (secondary N) is 1. The molecule has 0 aromatic heterocycles. The van der Waals surface area contributed by atoms with Gasteiger partial charge in [0.1, 0.15) is 0 Å². The van der Waals surface area contributed by atoms with Crippen LogP contribution in [0.15, 0.2) is 0 Å². The molecule has 3 N–H and O–H groups in total. The Bertz CT molecular complexity index is 205. The van der Waals surface area contributed by atoms with E-state index in [-0.39, 0.29) is 12.5 Å². The molecular formula is C11H22N2O3. The van der Waals surface area contributed by atoms with Crippen molar-refractivity contribution in [3.8, 4) is 0 Å². The maximum Gasteiger partial charge on any atom is 0.265 e. The van der Waals surface area contributed by atoms with E-state index in [9.17, 15) is 4.79 Å². The molecule has 0 radical (unpaired) electrons. The highest BCUT2D eigenvalue weighted by atomic mass is 16.5. The van der Waals surface area contributed by atoms with Crippen molar-refractivity contribution in [3.63, 3.8) is 0 Å². The molecule has 5 nitrogen and oxygen atoms in total. The molecule has 1 atom stereocenters. The van der Waals surface area contributed by atoms with Crippen LogP contribution in [0.3, 0.4) is 0 Å². The predicted molar refractivity (Wildman–Crippen MR) is 60.5 cm³/mol. The molecule has 1 fully saturated rings. The van der Waals surface area contributed by atoms with Crippen LogP contribution in [-0.4, -0.2) is 32.3 Å². The summed E-state index contributed by atoms with van der Waals surface area (Å²) in [5, 5.41) is 0. The van der Waals surface area contributed by atoms with Crippen molar-refractivity contribution in [2.45, 2.75) is 38.2 Å². The lowest BCUT2D eigenvalue weighted by atomic mass is 9.90. The van der Waals surface area contributed by atoms with E-state index in [1.165, 1.54) is 32.1 Å². The summed E-state index contributed by atoms with van der Waals surface area (Å²) in [7, 11) is 1.54. The molecule has 1 aliphatic carbocycles. The molecule has 0 heterocycles. The highest BCUT2D eigenvalue weighted by molar-refractivity contribution is 5.80. The van der Waals surface area contributed by atoms with Crippen molar-refractivity contribution in [2.75, 3.05) is 20.3 Å². The van der Waals surface area contributed by atoms with Crippen LogP contribution in [-0.2, 0) is 14.3 Å². The molecule has 0 aliphatic heterocycles. The maximum absolute atomic E-state index is 11.3. The lowest BCUT2D eigenvalue weighted by molar-refractivity contribution is -0.137. The summed E-state index contributed by atoms with van der Waals surface area (Å²) in [6, 6.07) is 0. The molecule has 0 spiro atoms.